The van der Waals surface area contributed by atoms with Gasteiger partial charge in [-0.2, -0.15) is 0 Å². The van der Waals surface area contributed by atoms with Gasteiger partial charge < -0.3 is 15.2 Å². The van der Waals surface area contributed by atoms with E-state index in [0.29, 0.717) is 17.7 Å². The molecule has 0 spiro atoms. The smallest absolute Gasteiger partial charge is 0.405 e. The number of halogens is 2. The van der Waals surface area contributed by atoms with E-state index in [2.05, 4.69) is 5.32 Å². The Morgan fingerprint density at radius 2 is 1.88 bits per heavy atom. The second-order valence-electron chi connectivity index (χ2n) is 6.92. The lowest BCUT2D eigenvalue weighted by molar-refractivity contribution is 0.175. The molecule has 0 saturated heterocycles. The van der Waals surface area contributed by atoms with Crippen LogP contribution in [0.15, 0.2) is 30.3 Å². The van der Waals surface area contributed by atoms with E-state index in [9.17, 15) is 13.6 Å². The van der Waals surface area contributed by atoms with Crippen LogP contribution in [0.25, 0.3) is 11.1 Å². The average molecular weight is 347 g/mol. The molecule has 2 aromatic rings. The van der Waals surface area contributed by atoms with E-state index in [-0.39, 0.29) is 11.1 Å². The molecule has 0 aliphatic heterocycles. The topological polar surface area (TPSA) is 58.6 Å². The summed E-state index contributed by atoms with van der Waals surface area (Å²) >= 11 is 0. The van der Waals surface area contributed by atoms with E-state index in [1.807, 2.05) is 13.8 Å². The van der Waals surface area contributed by atoms with Gasteiger partial charge >= 0.3 is 6.09 Å². The Bertz CT molecular complexity index is 849. The molecular formula is C19H19F2NO3. The monoisotopic (exact) mass is 347 g/mol. The third kappa shape index (κ3) is 3.04. The number of ether oxygens (including phenoxy) is 1. The molecule has 0 aromatic heterocycles. The number of carbonyl (C=O) groups is 1. The zero-order valence-electron chi connectivity index (χ0n) is 14.2. The van der Waals surface area contributed by atoms with Gasteiger partial charge in [0.05, 0.1) is 13.2 Å². The summed E-state index contributed by atoms with van der Waals surface area (Å²) in [6.45, 7) is 3.83. The maximum atomic E-state index is 14.7. The predicted octanol–water partition coefficient (Wildman–Crippen LogP) is 4.53. The Morgan fingerprint density at radius 1 is 1.20 bits per heavy atom. The van der Waals surface area contributed by atoms with Gasteiger partial charge in [0, 0.05) is 17.2 Å². The van der Waals surface area contributed by atoms with Gasteiger partial charge in [-0.1, -0.05) is 13.8 Å². The molecule has 2 N–H and O–H groups in total. The van der Waals surface area contributed by atoms with Gasteiger partial charge in [-0.15, -0.1) is 0 Å². The van der Waals surface area contributed by atoms with Crippen LogP contribution in [-0.2, 0) is 6.42 Å². The molecule has 0 radical (unpaired) electrons. The van der Waals surface area contributed by atoms with Gasteiger partial charge in [-0.05, 0) is 47.2 Å². The van der Waals surface area contributed by atoms with Crippen LogP contribution in [0.4, 0.5) is 13.6 Å². The third-order valence-electron chi connectivity index (χ3n) is 4.70. The second kappa shape index (κ2) is 6.02. The van der Waals surface area contributed by atoms with Crippen LogP contribution in [0.3, 0.4) is 0 Å². The minimum atomic E-state index is -1.16. The lowest BCUT2D eigenvalue weighted by Crippen LogP contribution is -2.34. The third-order valence-corrected chi connectivity index (χ3v) is 4.70. The summed E-state index contributed by atoms with van der Waals surface area (Å²) < 4.78 is 34.0. The standard InChI is InChI=1S/C19H19F2NO3/c1-19(2)9-10-6-14(12-5-4-11(25-3)7-15(12)20)16(21)8-13(10)17(19)22-18(23)24/h4-8,17,22H,9H2,1-3H3,(H,23,24)/t17-/m0/s1. The predicted molar refractivity (Wildman–Crippen MR) is 89.7 cm³/mol. The van der Waals surface area contributed by atoms with Crippen LogP contribution in [0.5, 0.6) is 5.75 Å². The number of amides is 1. The van der Waals surface area contributed by atoms with E-state index in [4.69, 9.17) is 9.84 Å². The van der Waals surface area contributed by atoms with Gasteiger partial charge in [-0.3, -0.25) is 0 Å². The lowest BCUT2D eigenvalue weighted by Gasteiger charge is -2.27. The number of rotatable bonds is 3. The number of methoxy groups -OCH3 is 1. The molecule has 0 saturated carbocycles. The molecule has 1 amide bonds. The number of carboxylic acid groups (broad SMARTS) is 1. The van der Waals surface area contributed by atoms with Crippen LogP contribution in [0.1, 0.15) is 31.0 Å². The van der Waals surface area contributed by atoms with Crippen molar-refractivity contribution in [2.75, 3.05) is 7.11 Å². The molecule has 0 heterocycles. The molecule has 6 heteroatoms. The van der Waals surface area contributed by atoms with Crippen molar-refractivity contribution in [2.45, 2.75) is 26.3 Å². The Balaban J connectivity index is 2.08. The van der Waals surface area contributed by atoms with Crippen molar-refractivity contribution in [2.24, 2.45) is 5.41 Å². The minimum absolute atomic E-state index is 0.147. The number of benzene rings is 2. The van der Waals surface area contributed by atoms with Crippen molar-refractivity contribution in [3.05, 3.63) is 53.1 Å². The van der Waals surface area contributed by atoms with E-state index >= 15 is 0 Å². The molecule has 132 valence electrons. The van der Waals surface area contributed by atoms with Crippen LogP contribution in [0, 0.1) is 17.0 Å². The van der Waals surface area contributed by atoms with Crippen LogP contribution in [-0.4, -0.2) is 18.3 Å². The number of hydrogen-bond acceptors (Lipinski definition) is 2. The molecule has 1 atom stereocenters. The maximum absolute atomic E-state index is 14.7. The number of hydrogen-bond donors (Lipinski definition) is 2. The van der Waals surface area contributed by atoms with Gasteiger partial charge in [0.1, 0.15) is 17.4 Å². The highest BCUT2D eigenvalue weighted by Crippen LogP contribution is 2.47. The first-order valence-electron chi connectivity index (χ1n) is 7.88. The fourth-order valence-corrected chi connectivity index (χ4v) is 3.51. The summed E-state index contributed by atoms with van der Waals surface area (Å²) in [5.41, 5.74) is 1.32. The number of fused-ring (bicyclic) bond motifs is 1. The normalized spacial score (nSPS) is 17.9. The molecule has 1 aliphatic carbocycles. The fourth-order valence-electron chi connectivity index (χ4n) is 3.51. The first-order valence-corrected chi connectivity index (χ1v) is 7.88. The zero-order valence-corrected chi connectivity index (χ0v) is 14.2. The molecule has 25 heavy (non-hydrogen) atoms. The molecular weight excluding hydrogens is 328 g/mol. The largest absolute Gasteiger partial charge is 0.497 e. The highest BCUT2D eigenvalue weighted by atomic mass is 19.1. The molecule has 3 rings (SSSR count). The highest BCUT2D eigenvalue weighted by Gasteiger charge is 2.40. The SMILES string of the molecule is COc1ccc(-c2cc3c(cc2F)[C@H](NC(=O)O)C(C)(C)C3)c(F)c1. The van der Waals surface area contributed by atoms with E-state index in [0.717, 1.165) is 5.56 Å². The maximum Gasteiger partial charge on any atom is 0.405 e. The molecule has 0 unspecified atom stereocenters. The molecule has 2 aromatic carbocycles. The van der Waals surface area contributed by atoms with E-state index in [1.165, 1.54) is 25.3 Å². The average Bonchev–Trinajstić information content (AvgIpc) is 2.76. The van der Waals surface area contributed by atoms with Gasteiger partial charge in [-0.25, -0.2) is 13.6 Å². The molecule has 1 aliphatic rings. The molecule has 0 bridgehead atoms. The zero-order chi connectivity index (χ0) is 18.4. The van der Waals surface area contributed by atoms with Crippen molar-refractivity contribution in [3.8, 4) is 16.9 Å². The summed E-state index contributed by atoms with van der Waals surface area (Å²) in [6, 6.07) is 6.67. The fraction of sp³-hybridized carbons (Fsp3) is 0.316. The van der Waals surface area contributed by atoms with Gasteiger partial charge in [0.25, 0.3) is 0 Å². The van der Waals surface area contributed by atoms with Gasteiger partial charge in [0.2, 0.25) is 0 Å². The first-order chi connectivity index (χ1) is 11.7. The second-order valence-corrected chi connectivity index (χ2v) is 6.92. The summed E-state index contributed by atoms with van der Waals surface area (Å²) in [4.78, 5) is 11.1. The van der Waals surface area contributed by atoms with Crippen molar-refractivity contribution in [1.29, 1.82) is 0 Å². The minimum Gasteiger partial charge on any atom is -0.497 e. The molecule has 0 fully saturated rings. The number of nitrogens with one attached hydrogen (secondary N) is 1. The summed E-state index contributed by atoms with van der Waals surface area (Å²) in [5.74, 6) is -0.803. The van der Waals surface area contributed by atoms with Crippen molar-refractivity contribution >= 4 is 6.09 Å². The van der Waals surface area contributed by atoms with Gasteiger partial charge in [0.15, 0.2) is 0 Å². The lowest BCUT2D eigenvalue weighted by atomic mass is 9.85. The van der Waals surface area contributed by atoms with Crippen molar-refractivity contribution < 1.29 is 23.4 Å². The molecule has 4 nitrogen and oxygen atoms in total. The summed E-state index contributed by atoms with van der Waals surface area (Å²) in [6.07, 6.45) is -0.588. The quantitative estimate of drug-likeness (QED) is 0.857. The highest BCUT2D eigenvalue weighted by molar-refractivity contribution is 5.69. The Kier molecular flexibility index (Phi) is 4.14. The van der Waals surface area contributed by atoms with Crippen LogP contribution >= 0.6 is 0 Å². The van der Waals surface area contributed by atoms with E-state index < -0.39 is 29.2 Å². The Hall–Kier alpha value is -2.63. The summed E-state index contributed by atoms with van der Waals surface area (Å²) in [7, 11) is 1.43. The Morgan fingerprint density at radius 3 is 2.48 bits per heavy atom. The first kappa shape index (κ1) is 17.2. The van der Waals surface area contributed by atoms with Crippen molar-refractivity contribution in [1.82, 2.24) is 5.32 Å². The van der Waals surface area contributed by atoms with Crippen LogP contribution < -0.4 is 10.1 Å². The van der Waals surface area contributed by atoms with Crippen molar-refractivity contribution in [3.63, 3.8) is 0 Å². The van der Waals surface area contributed by atoms with E-state index in [1.54, 1.807) is 12.1 Å². The van der Waals surface area contributed by atoms with Crippen LogP contribution in [0.2, 0.25) is 0 Å². The summed E-state index contributed by atoms with van der Waals surface area (Å²) in [5, 5.41) is 11.5. The Labute approximate surface area is 144 Å².